The van der Waals surface area contributed by atoms with Gasteiger partial charge >= 0.3 is 0 Å². The molecule has 0 spiro atoms. The number of isothiocyanates is 1. The van der Waals surface area contributed by atoms with Crippen LogP contribution >= 0.6 is 12.2 Å². The molecule has 1 aromatic carbocycles. The normalized spacial score (nSPS) is 8.82. The minimum atomic E-state index is 0.632. The van der Waals surface area contributed by atoms with E-state index in [2.05, 4.69) is 22.4 Å². The van der Waals surface area contributed by atoms with E-state index in [4.69, 9.17) is 5.73 Å². The highest BCUT2D eigenvalue weighted by atomic mass is 32.1. The van der Waals surface area contributed by atoms with Crippen LogP contribution in [0.2, 0.25) is 0 Å². The Kier molecular flexibility index (Phi) is 2.36. The summed E-state index contributed by atoms with van der Waals surface area (Å²) in [4.78, 5) is 3.81. The topological polar surface area (TPSA) is 38.4 Å². The number of hydrogen-bond donors (Lipinski definition) is 1. The maximum absolute atomic E-state index is 5.60. The van der Waals surface area contributed by atoms with E-state index in [1.165, 1.54) is 0 Å². The van der Waals surface area contributed by atoms with Crippen LogP contribution < -0.4 is 5.73 Å². The molecule has 0 saturated heterocycles. The molecular formula is C8H8N2S. The smallest absolute Gasteiger partial charge is 0.0971 e. The van der Waals surface area contributed by atoms with Crippen molar-refractivity contribution < 1.29 is 0 Å². The zero-order chi connectivity index (χ0) is 8.27. The van der Waals surface area contributed by atoms with Gasteiger partial charge < -0.3 is 5.73 Å². The SMILES string of the molecule is Cc1ccc(N)c(N=C=S)c1. The number of anilines is 1. The second kappa shape index (κ2) is 3.28. The summed E-state index contributed by atoms with van der Waals surface area (Å²) in [6.45, 7) is 1.97. The highest BCUT2D eigenvalue weighted by molar-refractivity contribution is 7.78. The van der Waals surface area contributed by atoms with Gasteiger partial charge in [-0.25, -0.2) is 0 Å². The van der Waals surface area contributed by atoms with Gasteiger partial charge in [-0.05, 0) is 36.8 Å². The lowest BCUT2D eigenvalue weighted by Crippen LogP contribution is -1.84. The van der Waals surface area contributed by atoms with Crippen LogP contribution in [0.1, 0.15) is 5.56 Å². The molecule has 0 aliphatic heterocycles. The molecule has 0 heterocycles. The summed E-state index contributed by atoms with van der Waals surface area (Å²) in [5.41, 5.74) is 8.04. The van der Waals surface area contributed by atoms with Crippen LogP contribution in [-0.2, 0) is 0 Å². The molecule has 0 bridgehead atoms. The number of benzene rings is 1. The monoisotopic (exact) mass is 164 g/mol. The number of aliphatic imine (C=N–C) groups is 1. The average molecular weight is 164 g/mol. The van der Waals surface area contributed by atoms with Gasteiger partial charge in [-0.1, -0.05) is 6.07 Å². The summed E-state index contributed by atoms with van der Waals surface area (Å²) in [5, 5.41) is 2.28. The second-order valence-electron chi connectivity index (χ2n) is 2.27. The molecule has 0 aliphatic carbocycles. The molecule has 2 N–H and O–H groups in total. The number of hydrogen-bond acceptors (Lipinski definition) is 3. The first-order chi connectivity index (χ1) is 5.24. The fourth-order valence-electron chi connectivity index (χ4n) is 0.800. The van der Waals surface area contributed by atoms with Crippen LogP contribution in [0.25, 0.3) is 0 Å². The number of thiocarbonyl (C=S) groups is 1. The van der Waals surface area contributed by atoms with Gasteiger partial charge in [-0.15, -0.1) is 0 Å². The third-order valence-corrected chi connectivity index (χ3v) is 1.44. The number of aryl methyl sites for hydroxylation is 1. The van der Waals surface area contributed by atoms with E-state index in [1.54, 1.807) is 6.07 Å². The van der Waals surface area contributed by atoms with Gasteiger partial charge in [0, 0.05) is 0 Å². The van der Waals surface area contributed by atoms with E-state index >= 15 is 0 Å². The van der Waals surface area contributed by atoms with Gasteiger partial charge in [0.15, 0.2) is 0 Å². The van der Waals surface area contributed by atoms with Crippen molar-refractivity contribution in [3.8, 4) is 0 Å². The van der Waals surface area contributed by atoms with Crippen molar-refractivity contribution in [2.75, 3.05) is 5.73 Å². The highest BCUT2D eigenvalue weighted by Gasteiger charge is 1.94. The molecule has 0 aliphatic rings. The van der Waals surface area contributed by atoms with Gasteiger partial charge in [0.25, 0.3) is 0 Å². The molecule has 11 heavy (non-hydrogen) atoms. The van der Waals surface area contributed by atoms with Gasteiger partial charge in [0.1, 0.15) is 0 Å². The predicted molar refractivity (Wildman–Crippen MR) is 50.3 cm³/mol. The lowest BCUT2D eigenvalue weighted by molar-refractivity contribution is 1.44. The van der Waals surface area contributed by atoms with Crippen LogP contribution in [0.5, 0.6) is 0 Å². The molecule has 1 aromatic rings. The lowest BCUT2D eigenvalue weighted by atomic mass is 10.2. The van der Waals surface area contributed by atoms with Gasteiger partial charge in [-0.3, -0.25) is 0 Å². The van der Waals surface area contributed by atoms with Gasteiger partial charge in [0.05, 0.1) is 16.5 Å². The van der Waals surface area contributed by atoms with E-state index in [9.17, 15) is 0 Å². The molecule has 0 radical (unpaired) electrons. The predicted octanol–water partition coefficient (Wildman–Crippen LogP) is 2.31. The zero-order valence-corrected chi connectivity index (χ0v) is 6.98. The Morgan fingerprint density at radius 1 is 1.55 bits per heavy atom. The van der Waals surface area contributed by atoms with E-state index in [1.807, 2.05) is 19.1 Å². The van der Waals surface area contributed by atoms with E-state index in [0.29, 0.717) is 11.4 Å². The Balaban J connectivity index is 3.22. The van der Waals surface area contributed by atoms with Crippen molar-refractivity contribution in [2.45, 2.75) is 6.92 Å². The maximum atomic E-state index is 5.60. The Labute approximate surface area is 70.8 Å². The number of nitrogens with two attached hydrogens (primary N) is 1. The first-order valence-corrected chi connectivity index (χ1v) is 3.59. The number of rotatable bonds is 1. The summed E-state index contributed by atoms with van der Waals surface area (Å²) < 4.78 is 0. The Morgan fingerprint density at radius 3 is 2.91 bits per heavy atom. The highest BCUT2D eigenvalue weighted by Crippen LogP contribution is 2.21. The van der Waals surface area contributed by atoms with Crippen LogP contribution in [0.3, 0.4) is 0 Å². The first kappa shape index (κ1) is 7.92. The maximum Gasteiger partial charge on any atom is 0.0971 e. The van der Waals surface area contributed by atoms with E-state index < -0.39 is 0 Å². The molecule has 56 valence electrons. The number of nitrogen functional groups attached to an aromatic ring is 1. The number of nitrogens with zero attached hydrogens (tertiary/aromatic N) is 1. The molecule has 0 fully saturated rings. The molecule has 3 heteroatoms. The molecule has 0 aromatic heterocycles. The quantitative estimate of drug-likeness (QED) is 0.393. The standard InChI is InChI=1S/C8H8N2S/c1-6-2-3-7(9)8(4-6)10-5-11/h2-4H,9H2,1H3. The summed E-state index contributed by atoms with van der Waals surface area (Å²) in [6, 6.07) is 5.60. The third-order valence-electron chi connectivity index (χ3n) is 1.35. The molecule has 2 nitrogen and oxygen atoms in total. The molecular weight excluding hydrogens is 156 g/mol. The van der Waals surface area contributed by atoms with Crippen LogP contribution in [0.15, 0.2) is 23.2 Å². The molecule has 0 unspecified atom stereocenters. The fraction of sp³-hybridized carbons (Fsp3) is 0.125. The minimum absolute atomic E-state index is 0.632. The molecule has 1 rings (SSSR count). The van der Waals surface area contributed by atoms with Gasteiger partial charge in [-0.2, -0.15) is 4.99 Å². The van der Waals surface area contributed by atoms with Crippen molar-refractivity contribution >= 4 is 28.8 Å². The molecule has 0 saturated carbocycles. The average Bonchev–Trinajstić information content (AvgIpc) is 1.98. The third kappa shape index (κ3) is 1.87. The largest absolute Gasteiger partial charge is 0.397 e. The Morgan fingerprint density at radius 2 is 2.27 bits per heavy atom. The van der Waals surface area contributed by atoms with Crippen LogP contribution in [0.4, 0.5) is 11.4 Å². The Bertz CT molecular complexity index is 314. The van der Waals surface area contributed by atoms with Crippen molar-refractivity contribution in [3.05, 3.63) is 23.8 Å². The lowest BCUT2D eigenvalue weighted by Gasteiger charge is -1.98. The molecule has 0 amide bonds. The Hall–Kier alpha value is -1.18. The minimum Gasteiger partial charge on any atom is -0.397 e. The summed E-state index contributed by atoms with van der Waals surface area (Å²) in [7, 11) is 0. The zero-order valence-electron chi connectivity index (χ0n) is 6.16. The van der Waals surface area contributed by atoms with E-state index in [-0.39, 0.29) is 0 Å². The second-order valence-corrected chi connectivity index (χ2v) is 2.45. The van der Waals surface area contributed by atoms with Crippen LogP contribution in [-0.4, -0.2) is 5.16 Å². The van der Waals surface area contributed by atoms with Gasteiger partial charge in [0.2, 0.25) is 0 Å². The van der Waals surface area contributed by atoms with Crippen molar-refractivity contribution in [3.63, 3.8) is 0 Å². The first-order valence-electron chi connectivity index (χ1n) is 3.18. The fourth-order valence-corrected chi connectivity index (χ4v) is 0.898. The summed E-state index contributed by atoms with van der Waals surface area (Å²) in [6.07, 6.45) is 0. The summed E-state index contributed by atoms with van der Waals surface area (Å²) >= 11 is 4.46. The molecule has 0 atom stereocenters. The van der Waals surface area contributed by atoms with Crippen molar-refractivity contribution in [2.24, 2.45) is 4.99 Å². The van der Waals surface area contributed by atoms with Crippen LogP contribution in [0, 0.1) is 6.92 Å². The summed E-state index contributed by atoms with van der Waals surface area (Å²) in [5.74, 6) is 0. The van der Waals surface area contributed by atoms with Crippen molar-refractivity contribution in [1.82, 2.24) is 0 Å². The van der Waals surface area contributed by atoms with E-state index in [0.717, 1.165) is 5.56 Å². The van der Waals surface area contributed by atoms with Crippen molar-refractivity contribution in [1.29, 1.82) is 0 Å².